The lowest BCUT2D eigenvalue weighted by Gasteiger charge is -2.03. The number of aliphatic carboxylic acids is 1. The van der Waals surface area contributed by atoms with E-state index >= 15 is 0 Å². The highest BCUT2D eigenvalue weighted by molar-refractivity contribution is 7.91. The Hall–Kier alpha value is -1.59. The van der Waals surface area contributed by atoms with Crippen molar-refractivity contribution in [1.29, 1.82) is 0 Å². The number of carboxylic acids is 1. The van der Waals surface area contributed by atoms with E-state index in [9.17, 15) is 18.0 Å². The van der Waals surface area contributed by atoms with Crippen LogP contribution >= 0.6 is 11.3 Å². The number of sulfonamides is 1. The number of hydrogen-bond donors (Lipinski definition) is 3. The molecule has 1 heterocycles. The average molecular weight is 280 g/mol. The molecule has 9 nitrogen and oxygen atoms in total. The number of nitrogens with one attached hydrogen (secondary N) is 1. The first-order valence-corrected chi connectivity index (χ1v) is 6.48. The molecule has 0 aromatic carbocycles. The number of carbonyl (C=O) groups is 2. The van der Waals surface area contributed by atoms with Gasteiger partial charge < -0.3 is 5.11 Å². The van der Waals surface area contributed by atoms with Crippen LogP contribution < -0.4 is 10.5 Å². The summed E-state index contributed by atoms with van der Waals surface area (Å²) in [5.41, 5.74) is 0. The SMILES string of the molecule is CC(C(=O)O)C(=O)Nc1nnc(S(N)(=O)=O)s1. The Morgan fingerprint density at radius 2 is 2.06 bits per heavy atom. The van der Waals surface area contributed by atoms with E-state index in [2.05, 4.69) is 15.5 Å². The number of hydrogen-bond acceptors (Lipinski definition) is 7. The van der Waals surface area contributed by atoms with Crippen molar-refractivity contribution in [2.75, 3.05) is 5.32 Å². The third-order valence-electron chi connectivity index (χ3n) is 1.64. The fourth-order valence-electron chi connectivity index (χ4n) is 0.701. The minimum absolute atomic E-state index is 0.132. The van der Waals surface area contributed by atoms with Crippen molar-refractivity contribution < 1.29 is 23.1 Å². The van der Waals surface area contributed by atoms with Gasteiger partial charge in [-0.25, -0.2) is 13.6 Å². The van der Waals surface area contributed by atoms with Crippen LogP contribution in [0.25, 0.3) is 0 Å². The predicted octanol–water partition coefficient (Wildman–Crippen LogP) is -1.16. The normalized spacial score (nSPS) is 13.1. The Morgan fingerprint density at radius 3 is 2.47 bits per heavy atom. The van der Waals surface area contributed by atoms with Crippen molar-refractivity contribution in [2.45, 2.75) is 11.3 Å². The lowest BCUT2D eigenvalue weighted by molar-refractivity contribution is -0.144. The van der Waals surface area contributed by atoms with Crippen LogP contribution in [0.1, 0.15) is 6.92 Å². The molecule has 1 aromatic heterocycles. The summed E-state index contributed by atoms with van der Waals surface area (Å²) in [6.07, 6.45) is 0. The minimum Gasteiger partial charge on any atom is -0.481 e. The molecule has 17 heavy (non-hydrogen) atoms. The van der Waals surface area contributed by atoms with Gasteiger partial charge >= 0.3 is 5.97 Å². The van der Waals surface area contributed by atoms with Crippen LogP contribution in [0.2, 0.25) is 0 Å². The van der Waals surface area contributed by atoms with Gasteiger partial charge in [0.1, 0.15) is 5.92 Å². The van der Waals surface area contributed by atoms with Crippen molar-refractivity contribution in [2.24, 2.45) is 11.1 Å². The molecule has 0 saturated heterocycles. The fourth-order valence-corrected chi connectivity index (χ4v) is 2.04. The Labute approximate surface area is 99.7 Å². The molecule has 0 radical (unpaired) electrons. The van der Waals surface area contributed by atoms with E-state index in [-0.39, 0.29) is 5.13 Å². The lowest BCUT2D eigenvalue weighted by Crippen LogP contribution is -2.26. The zero-order valence-corrected chi connectivity index (χ0v) is 10.1. The van der Waals surface area contributed by atoms with Crippen LogP contribution in [0.5, 0.6) is 0 Å². The molecule has 0 spiro atoms. The maximum atomic E-state index is 11.3. The Kier molecular flexibility index (Phi) is 3.75. The molecule has 11 heteroatoms. The molecule has 0 fully saturated rings. The highest BCUT2D eigenvalue weighted by atomic mass is 32.2. The molecule has 0 aliphatic heterocycles. The summed E-state index contributed by atoms with van der Waals surface area (Å²) in [5.74, 6) is -3.41. The molecular formula is C6H8N4O5S2. The van der Waals surface area contributed by atoms with Gasteiger partial charge in [0.2, 0.25) is 15.4 Å². The molecule has 1 aromatic rings. The third-order valence-corrected chi connectivity index (χ3v) is 3.79. The standard InChI is InChI=1S/C6H8N4O5S2/c1-2(4(12)13)3(11)8-5-9-10-6(16-5)17(7,14)15/h2H,1H3,(H,12,13)(H2,7,14,15)(H,8,9,11). The van der Waals surface area contributed by atoms with Crippen LogP contribution in [0, 0.1) is 5.92 Å². The number of carbonyl (C=O) groups excluding carboxylic acids is 1. The average Bonchev–Trinajstić information content (AvgIpc) is 2.64. The smallest absolute Gasteiger partial charge is 0.315 e. The number of nitrogens with two attached hydrogens (primary N) is 1. The summed E-state index contributed by atoms with van der Waals surface area (Å²) in [6.45, 7) is 1.18. The van der Waals surface area contributed by atoms with E-state index in [0.717, 1.165) is 0 Å². The number of nitrogens with zero attached hydrogens (tertiary/aromatic N) is 2. The maximum absolute atomic E-state index is 11.3. The number of carboxylic acid groups (broad SMARTS) is 1. The molecule has 0 aliphatic carbocycles. The van der Waals surface area contributed by atoms with E-state index in [0.29, 0.717) is 11.3 Å². The fraction of sp³-hybridized carbons (Fsp3) is 0.333. The number of primary sulfonamides is 1. The first-order chi connectivity index (χ1) is 7.71. The molecule has 1 atom stereocenters. The van der Waals surface area contributed by atoms with Crippen molar-refractivity contribution in [3.05, 3.63) is 0 Å². The quantitative estimate of drug-likeness (QED) is 0.464. The second kappa shape index (κ2) is 4.73. The van der Waals surface area contributed by atoms with E-state index in [1.807, 2.05) is 0 Å². The zero-order valence-electron chi connectivity index (χ0n) is 8.45. The summed E-state index contributed by atoms with van der Waals surface area (Å²) in [6, 6.07) is 0. The van der Waals surface area contributed by atoms with Crippen LogP contribution in [0.15, 0.2) is 4.34 Å². The number of amides is 1. The van der Waals surface area contributed by atoms with Gasteiger partial charge in [0.05, 0.1) is 0 Å². The molecule has 4 N–H and O–H groups in total. The predicted molar refractivity (Wildman–Crippen MR) is 56.7 cm³/mol. The van der Waals surface area contributed by atoms with E-state index in [1.54, 1.807) is 0 Å². The van der Waals surface area contributed by atoms with Gasteiger partial charge in [-0.1, -0.05) is 11.3 Å². The molecule has 1 rings (SSSR count). The second-order valence-corrected chi connectivity index (χ2v) is 5.68. The number of anilines is 1. The third kappa shape index (κ3) is 3.44. The number of rotatable bonds is 4. The number of aromatic nitrogens is 2. The Balaban J connectivity index is 2.81. The van der Waals surface area contributed by atoms with Gasteiger partial charge in [-0.15, -0.1) is 10.2 Å². The van der Waals surface area contributed by atoms with E-state index < -0.39 is 32.2 Å². The summed E-state index contributed by atoms with van der Waals surface area (Å²) in [4.78, 5) is 21.8. The Bertz CT molecular complexity index is 551. The van der Waals surface area contributed by atoms with E-state index in [1.165, 1.54) is 6.92 Å². The molecule has 1 amide bonds. The maximum Gasteiger partial charge on any atom is 0.315 e. The van der Waals surface area contributed by atoms with Crippen LogP contribution in [-0.4, -0.2) is 35.6 Å². The first kappa shape index (κ1) is 13.5. The monoisotopic (exact) mass is 280 g/mol. The molecular weight excluding hydrogens is 272 g/mol. The van der Waals surface area contributed by atoms with Gasteiger partial charge in [-0.3, -0.25) is 14.9 Å². The lowest BCUT2D eigenvalue weighted by atomic mass is 10.2. The van der Waals surface area contributed by atoms with Gasteiger partial charge in [0.25, 0.3) is 10.0 Å². The van der Waals surface area contributed by atoms with Gasteiger partial charge in [0.15, 0.2) is 0 Å². The van der Waals surface area contributed by atoms with Crippen LogP contribution in [0.3, 0.4) is 0 Å². The van der Waals surface area contributed by atoms with Crippen molar-refractivity contribution >= 4 is 38.4 Å². The van der Waals surface area contributed by atoms with E-state index in [4.69, 9.17) is 10.2 Å². The first-order valence-electron chi connectivity index (χ1n) is 4.12. The molecule has 94 valence electrons. The summed E-state index contributed by atoms with van der Waals surface area (Å²) in [7, 11) is -3.98. The molecule has 0 saturated carbocycles. The van der Waals surface area contributed by atoms with Gasteiger partial charge in [-0.2, -0.15) is 0 Å². The van der Waals surface area contributed by atoms with Crippen LogP contribution in [0.4, 0.5) is 5.13 Å². The van der Waals surface area contributed by atoms with Crippen molar-refractivity contribution in [3.8, 4) is 0 Å². The molecule has 0 aliphatic rings. The Morgan fingerprint density at radius 1 is 1.47 bits per heavy atom. The van der Waals surface area contributed by atoms with Gasteiger partial charge in [-0.05, 0) is 6.92 Å². The topological polar surface area (TPSA) is 152 Å². The zero-order chi connectivity index (χ0) is 13.2. The highest BCUT2D eigenvalue weighted by Crippen LogP contribution is 2.18. The summed E-state index contributed by atoms with van der Waals surface area (Å²) >= 11 is 0.537. The van der Waals surface area contributed by atoms with Gasteiger partial charge in [0, 0.05) is 0 Å². The van der Waals surface area contributed by atoms with Crippen molar-refractivity contribution in [3.63, 3.8) is 0 Å². The largest absolute Gasteiger partial charge is 0.481 e. The molecule has 0 bridgehead atoms. The minimum atomic E-state index is -3.98. The van der Waals surface area contributed by atoms with Crippen LogP contribution in [-0.2, 0) is 19.6 Å². The molecule has 1 unspecified atom stereocenters. The van der Waals surface area contributed by atoms with Crippen molar-refractivity contribution in [1.82, 2.24) is 10.2 Å². The summed E-state index contributed by atoms with van der Waals surface area (Å²) in [5, 5.41) is 21.9. The second-order valence-electron chi connectivity index (χ2n) is 2.97. The highest BCUT2D eigenvalue weighted by Gasteiger charge is 2.23. The summed E-state index contributed by atoms with van der Waals surface area (Å²) < 4.78 is 21.2.